The third-order valence-corrected chi connectivity index (χ3v) is 5.70. The summed E-state index contributed by atoms with van der Waals surface area (Å²) in [5.74, 6) is -0.948. The molecule has 0 fully saturated rings. The Kier molecular flexibility index (Phi) is 10.6. The fraction of sp³-hybridized carbons (Fsp3) is 0.520. The maximum atomic E-state index is 13.1. The fourth-order valence-corrected chi connectivity index (χ4v) is 3.60. The summed E-state index contributed by atoms with van der Waals surface area (Å²) < 4.78 is 6.61. The van der Waals surface area contributed by atoms with E-state index in [1.807, 2.05) is 45.0 Å². The third kappa shape index (κ3) is 7.33. The van der Waals surface area contributed by atoms with Crippen LogP contribution in [-0.4, -0.2) is 28.0 Å². The summed E-state index contributed by atoms with van der Waals surface area (Å²) in [6.45, 7) is 6.68. The Morgan fingerprint density at radius 1 is 1.06 bits per heavy atom. The molecule has 9 heteroatoms. The molecule has 9 nitrogen and oxygen atoms in total. The van der Waals surface area contributed by atoms with Crippen molar-refractivity contribution in [2.75, 3.05) is 17.2 Å². The molecule has 0 saturated heterocycles. The number of nitrogens with one attached hydrogen (secondary N) is 1. The lowest BCUT2D eigenvalue weighted by Gasteiger charge is -2.24. The predicted octanol–water partition coefficient (Wildman–Crippen LogP) is 3.27. The zero-order valence-electron chi connectivity index (χ0n) is 20.4. The second-order valence-corrected chi connectivity index (χ2v) is 8.34. The highest BCUT2D eigenvalue weighted by molar-refractivity contribution is 5.96. The van der Waals surface area contributed by atoms with Crippen LogP contribution in [0.5, 0.6) is 0 Å². The highest BCUT2D eigenvalue weighted by Crippen LogP contribution is 2.20. The number of hydrogen-bond donors (Lipinski definition) is 2. The van der Waals surface area contributed by atoms with Gasteiger partial charge in [-0.05, 0) is 30.9 Å². The number of unbranched alkanes of at least 4 members (excludes halogenated alkanes) is 3. The number of H-pyrrole nitrogens is 1. The van der Waals surface area contributed by atoms with Crippen LogP contribution in [0, 0.1) is 6.92 Å². The van der Waals surface area contributed by atoms with Gasteiger partial charge in [0.1, 0.15) is 12.4 Å². The van der Waals surface area contributed by atoms with Crippen LogP contribution in [-0.2, 0) is 27.5 Å². The van der Waals surface area contributed by atoms with E-state index < -0.39 is 23.1 Å². The summed E-state index contributed by atoms with van der Waals surface area (Å²) in [4.78, 5) is 53.9. The Hall–Kier alpha value is -3.36. The molecular weight excluding hydrogens is 436 g/mol. The fourth-order valence-electron chi connectivity index (χ4n) is 3.60. The number of aryl methyl sites for hydroxylation is 1. The SMILES string of the molecule is CCCCCN(C(=O)CCC(=O)OCc1ccccc1C)c1c(N)n(CCCC)c(=O)[nH]c1=O. The van der Waals surface area contributed by atoms with Crippen molar-refractivity contribution in [1.29, 1.82) is 0 Å². The molecule has 0 aliphatic carbocycles. The molecule has 2 rings (SSSR count). The Bertz CT molecular complexity index is 1090. The first-order chi connectivity index (χ1) is 16.3. The zero-order valence-corrected chi connectivity index (χ0v) is 20.4. The molecule has 1 aromatic carbocycles. The van der Waals surface area contributed by atoms with Crippen molar-refractivity contribution in [2.24, 2.45) is 0 Å². The summed E-state index contributed by atoms with van der Waals surface area (Å²) >= 11 is 0. The molecule has 2 aromatic rings. The molecule has 3 N–H and O–H groups in total. The molecule has 0 bridgehead atoms. The smallest absolute Gasteiger partial charge is 0.330 e. The van der Waals surface area contributed by atoms with Crippen LogP contribution in [0.4, 0.5) is 11.5 Å². The van der Waals surface area contributed by atoms with Crippen LogP contribution in [0.2, 0.25) is 0 Å². The topological polar surface area (TPSA) is 127 Å². The first kappa shape index (κ1) is 26.9. The molecule has 0 spiro atoms. The molecule has 0 atom stereocenters. The van der Waals surface area contributed by atoms with Crippen LogP contribution in [0.1, 0.15) is 69.9 Å². The number of anilines is 2. The van der Waals surface area contributed by atoms with Gasteiger partial charge in [0.2, 0.25) is 5.91 Å². The molecule has 0 radical (unpaired) electrons. The lowest BCUT2D eigenvalue weighted by Crippen LogP contribution is -2.41. The summed E-state index contributed by atoms with van der Waals surface area (Å²) in [5.41, 5.74) is 6.78. The normalized spacial score (nSPS) is 10.8. The number of nitrogens with zero attached hydrogens (tertiary/aromatic N) is 2. The minimum absolute atomic E-state index is 0.0332. The number of aromatic nitrogens is 2. The van der Waals surface area contributed by atoms with Crippen molar-refractivity contribution >= 4 is 23.4 Å². The van der Waals surface area contributed by atoms with Crippen molar-refractivity contribution in [2.45, 2.75) is 78.9 Å². The van der Waals surface area contributed by atoms with Crippen molar-refractivity contribution in [3.8, 4) is 0 Å². The van der Waals surface area contributed by atoms with Gasteiger partial charge in [-0.25, -0.2) is 4.79 Å². The molecule has 0 unspecified atom stereocenters. The minimum Gasteiger partial charge on any atom is -0.461 e. The number of nitrogen functional groups attached to an aromatic ring is 1. The lowest BCUT2D eigenvalue weighted by atomic mass is 10.1. The van der Waals surface area contributed by atoms with Gasteiger partial charge in [0, 0.05) is 19.5 Å². The third-order valence-electron chi connectivity index (χ3n) is 5.70. The lowest BCUT2D eigenvalue weighted by molar-refractivity contribution is -0.146. The summed E-state index contributed by atoms with van der Waals surface area (Å²) in [6, 6.07) is 7.59. The number of nitrogens with two attached hydrogens (primary N) is 1. The predicted molar refractivity (Wildman–Crippen MR) is 133 cm³/mol. The average molecular weight is 473 g/mol. The van der Waals surface area contributed by atoms with Crippen molar-refractivity contribution in [1.82, 2.24) is 9.55 Å². The molecule has 1 aromatic heterocycles. The minimum atomic E-state index is -0.706. The van der Waals surface area contributed by atoms with E-state index in [0.717, 1.165) is 30.4 Å². The molecule has 0 aliphatic heterocycles. The molecule has 1 amide bonds. The van der Waals surface area contributed by atoms with Crippen molar-refractivity contribution in [3.63, 3.8) is 0 Å². The number of carbonyl (C=O) groups is 2. The van der Waals surface area contributed by atoms with Gasteiger partial charge >= 0.3 is 11.7 Å². The standard InChI is InChI=1S/C25H36N4O5/c1-4-6-10-16-28(22-23(26)29(15-7-5-2)25(33)27-24(22)32)20(30)13-14-21(31)34-17-19-12-9-8-11-18(19)3/h8-9,11-12H,4-7,10,13-17,26H2,1-3H3,(H,27,32,33). The zero-order chi connectivity index (χ0) is 25.1. The number of hydrogen-bond acceptors (Lipinski definition) is 6. The summed E-state index contributed by atoms with van der Waals surface area (Å²) in [6.07, 6.45) is 3.72. The van der Waals surface area contributed by atoms with Crippen LogP contribution in [0.3, 0.4) is 0 Å². The number of esters is 1. The maximum Gasteiger partial charge on any atom is 0.330 e. The Balaban J connectivity index is 2.16. The van der Waals surface area contributed by atoms with Gasteiger partial charge in [-0.3, -0.25) is 23.9 Å². The van der Waals surface area contributed by atoms with Crippen LogP contribution in [0.25, 0.3) is 0 Å². The van der Waals surface area contributed by atoms with E-state index in [0.29, 0.717) is 19.4 Å². The second-order valence-electron chi connectivity index (χ2n) is 8.34. The maximum absolute atomic E-state index is 13.1. The molecule has 0 aliphatic rings. The highest BCUT2D eigenvalue weighted by atomic mass is 16.5. The van der Waals surface area contributed by atoms with Gasteiger partial charge in [0.05, 0.1) is 6.42 Å². The number of carbonyl (C=O) groups excluding carboxylic acids is 2. The van der Waals surface area contributed by atoms with E-state index >= 15 is 0 Å². The molecule has 186 valence electrons. The van der Waals surface area contributed by atoms with Gasteiger partial charge < -0.3 is 15.4 Å². The van der Waals surface area contributed by atoms with E-state index in [1.165, 1.54) is 9.47 Å². The first-order valence-electron chi connectivity index (χ1n) is 11.9. The molecule has 34 heavy (non-hydrogen) atoms. The van der Waals surface area contributed by atoms with E-state index in [-0.39, 0.29) is 37.5 Å². The average Bonchev–Trinajstić information content (AvgIpc) is 2.80. The Morgan fingerprint density at radius 2 is 1.76 bits per heavy atom. The van der Waals surface area contributed by atoms with E-state index in [1.54, 1.807) is 0 Å². The summed E-state index contributed by atoms with van der Waals surface area (Å²) in [5, 5.41) is 0. The van der Waals surface area contributed by atoms with Gasteiger partial charge in [-0.1, -0.05) is 57.4 Å². The van der Waals surface area contributed by atoms with Crippen LogP contribution >= 0.6 is 0 Å². The largest absolute Gasteiger partial charge is 0.461 e. The van der Waals surface area contributed by atoms with E-state index in [4.69, 9.17) is 10.5 Å². The monoisotopic (exact) mass is 472 g/mol. The molecule has 1 heterocycles. The number of aromatic amines is 1. The van der Waals surface area contributed by atoms with Crippen LogP contribution in [0.15, 0.2) is 33.9 Å². The quantitative estimate of drug-likeness (QED) is 0.340. The Morgan fingerprint density at radius 3 is 2.44 bits per heavy atom. The van der Waals surface area contributed by atoms with Gasteiger partial charge in [0.15, 0.2) is 5.69 Å². The number of amides is 1. The number of benzene rings is 1. The van der Waals surface area contributed by atoms with Gasteiger partial charge in [-0.15, -0.1) is 0 Å². The van der Waals surface area contributed by atoms with Crippen molar-refractivity contribution in [3.05, 3.63) is 56.2 Å². The summed E-state index contributed by atoms with van der Waals surface area (Å²) in [7, 11) is 0. The van der Waals surface area contributed by atoms with Gasteiger partial charge in [0.25, 0.3) is 5.56 Å². The van der Waals surface area contributed by atoms with Crippen molar-refractivity contribution < 1.29 is 14.3 Å². The van der Waals surface area contributed by atoms with Crippen LogP contribution < -0.4 is 21.9 Å². The highest BCUT2D eigenvalue weighted by Gasteiger charge is 2.24. The van der Waals surface area contributed by atoms with E-state index in [9.17, 15) is 19.2 Å². The molecular formula is C25H36N4O5. The Labute approximate surface area is 199 Å². The molecule has 0 saturated carbocycles. The first-order valence-corrected chi connectivity index (χ1v) is 11.9. The second kappa shape index (κ2) is 13.4. The van der Waals surface area contributed by atoms with E-state index in [2.05, 4.69) is 4.98 Å². The van der Waals surface area contributed by atoms with Gasteiger partial charge in [-0.2, -0.15) is 0 Å². The number of ether oxygens (including phenoxy) is 1. The number of rotatable bonds is 13.